The van der Waals surface area contributed by atoms with E-state index in [2.05, 4.69) is 19.2 Å². The predicted molar refractivity (Wildman–Crippen MR) is 137 cm³/mol. The third-order valence-electron chi connectivity index (χ3n) is 5.52. The Labute approximate surface area is 207 Å². The quantitative estimate of drug-likeness (QED) is 0.412. The van der Waals surface area contributed by atoms with Crippen LogP contribution < -0.4 is 19.1 Å². The fourth-order valence-electron chi connectivity index (χ4n) is 3.82. The van der Waals surface area contributed by atoms with E-state index in [-0.39, 0.29) is 16.6 Å². The maximum atomic E-state index is 13.7. The zero-order valence-electron chi connectivity index (χ0n) is 20.5. The van der Waals surface area contributed by atoms with Crippen LogP contribution in [-0.4, -0.2) is 35.1 Å². The molecule has 0 fully saturated rings. The molecule has 3 aromatic carbocycles. The second-order valence-electron chi connectivity index (χ2n) is 8.52. The summed E-state index contributed by atoms with van der Waals surface area (Å²) in [7, 11) is -1.15. The number of methoxy groups -OCH3 is 2. The average Bonchev–Trinajstić information content (AvgIpc) is 2.87. The molecule has 0 saturated carbocycles. The topological polar surface area (TPSA) is 84.9 Å². The zero-order valence-corrected chi connectivity index (χ0v) is 21.3. The molecule has 35 heavy (non-hydrogen) atoms. The Hall–Kier alpha value is -3.52. The number of ether oxygens (including phenoxy) is 2. The van der Waals surface area contributed by atoms with Crippen molar-refractivity contribution in [3.8, 4) is 11.5 Å². The summed E-state index contributed by atoms with van der Waals surface area (Å²) in [5.74, 6) is 0.642. The first kappa shape index (κ1) is 26.1. The molecule has 1 atom stereocenters. The first-order valence-corrected chi connectivity index (χ1v) is 12.8. The highest BCUT2D eigenvalue weighted by molar-refractivity contribution is 7.92. The number of anilines is 1. The van der Waals surface area contributed by atoms with Gasteiger partial charge in [0.1, 0.15) is 18.0 Å². The van der Waals surface area contributed by atoms with Crippen molar-refractivity contribution in [2.45, 2.75) is 31.2 Å². The molecule has 0 bridgehead atoms. The number of amides is 1. The molecule has 0 spiro atoms. The molecule has 1 N–H and O–H groups in total. The number of rotatable bonds is 11. The van der Waals surface area contributed by atoms with Gasteiger partial charge in [-0.1, -0.05) is 62.4 Å². The summed E-state index contributed by atoms with van der Waals surface area (Å²) in [5, 5.41) is 3.04. The minimum atomic E-state index is -4.09. The summed E-state index contributed by atoms with van der Waals surface area (Å²) in [5.41, 5.74) is 1.18. The lowest BCUT2D eigenvalue weighted by Crippen LogP contribution is -2.42. The molecule has 1 unspecified atom stereocenters. The highest BCUT2D eigenvalue weighted by Crippen LogP contribution is 2.35. The van der Waals surface area contributed by atoms with E-state index in [1.807, 2.05) is 30.3 Å². The van der Waals surface area contributed by atoms with Crippen LogP contribution in [0.15, 0.2) is 83.8 Å². The lowest BCUT2D eigenvalue weighted by atomic mass is 9.97. The van der Waals surface area contributed by atoms with Crippen molar-refractivity contribution in [2.75, 3.05) is 25.1 Å². The minimum Gasteiger partial charge on any atom is -0.497 e. The Morgan fingerprint density at radius 1 is 0.914 bits per heavy atom. The summed E-state index contributed by atoms with van der Waals surface area (Å²) in [4.78, 5) is 13.4. The minimum absolute atomic E-state index is 0.0689. The van der Waals surface area contributed by atoms with Gasteiger partial charge >= 0.3 is 0 Å². The maximum Gasteiger partial charge on any atom is 0.264 e. The van der Waals surface area contributed by atoms with Gasteiger partial charge in [-0.25, -0.2) is 8.42 Å². The molecular weight excluding hydrogens is 464 g/mol. The number of nitrogens with one attached hydrogen (secondary N) is 1. The SMILES string of the molecule is COc1ccc(OC)c(N(CC(=O)NC(CC(C)C)c2ccccc2)S(=O)(=O)c2ccccc2)c1. The number of carbonyl (C=O) groups excluding carboxylic acids is 1. The molecule has 0 radical (unpaired) electrons. The molecule has 3 rings (SSSR count). The Kier molecular flexibility index (Phi) is 8.76. The highest BCUT2D eigenvalue weighted by atomic mass is 32.2. The van der Waals surface area contributed by atoms with Gasteiger partial charge in [0.2, 0.25) is 5.91 Å². The van der Waals surface area contributed by atoms with Crippen molar-refractivity contribution in [1.29, 1.82) is 0 Å². The fraction of sp³-hybridized carbons (Fsp3) is 0.296. The third kappa shape index (κ3) is 6.54. The van der Waals surface area contributed by atoms with E-state index in [4.69, 9.17) is 9.47 Å². The molecule has 186 valence electrons. The van der Waals surface area contributed by atoms with Crippen LogP contribution in [0.25, 0.3) is 0 Å². The van der Waals surface area contributed by atoms with E-state index < -0.39 is 22.5 Å². The molecule has 3 aromatic rings. The van der Waals surface area contributed by atoms with Gasteiger partial charge in [-0.15, -0.1) is 0 Å². The molecule has 0 aliphatic heterocycles. The predicted octanol–water partition coefficient (Wildman–Crippen LogP) is 4.80. The molecule has 0 aliphatic carbocycles. The summed E-state index contributed by atoms with van der Waals surface area (Å²) in [6, 6.07) is 22.3. The van der Waals surface area contributed by atoms with Gasteiger partial charge in [0.15, 0.2) is 0 Å². The number of benzene rings is 3. The number of sulfonamides is 1. The van der Waals surface area contributed by atoms with Gasteiger partial charge in [-0.05, 0) is 42.2 Å². The Morgan fingerprint density at radius 2 is 1.54 bits per heavy atom. The molecular formula is C27H32N2O5S. The molecule has 0 aliphatic rings. The van der Waals surface area contributed by atoms with Gasteiger partial charge in [0.25, 0.3) is 10.0 Å². The van der Waals surface area contributed by atoms with Crippen molar-refractivity contribution in [2.24, 2.45) is 5.92 Å². The first-order chi connectivity index (χ1) is 16.8. The van der Waals surface area contributed by atoms with Crippen LogP contribution in [0.5, 0.6) is 11.5 Å². The fourth-order valence-corrected chi connectivity index (χ4v) is 5.26. The smallest absolute Gasteiger partial charge is 0.264 e. The van der Waals surface area contributed by atoms with Crippen molar-refractivity contribution in [1.82, 2.24) is 5.32 Å². The first-order valence-electron chi connectivity index (χ1n) is 11.4. The van der Waals surface area contributed by atoms with E-state index in [0.717, 1.165) is 9.87 Å². The summed E-state index contributed by atoms with van der Waals surface area (Å²) in [6.07, 6.45) is 0.712. The molecule has 0 heterocycles. The molecule has 1 amide bonds. The number of hydrogen-bond donors (Lipinski definition) is 1. The standard InChI is InChI=1S/C27H32N2O5S/c1-20(2)17-24(21-11-7-5-8-12-21)28-27(30)19-29(35(31,32)23-13-9-6-10-14-23)25-18-22(33-3)15-16-26(25)34-4/h5-16,18,20,24H,17,19H2,1-4H3,(H,28,30). The van der Waals surface area contributed by atoms with Crippen LogP contribution in [0.1, 0.15) is 31.9 Å². The van der Waals surface area contributed by atoms with Crippen LogP contribution in [0, 0.1) is 5.92 Å². The van der Waals surface area contributed by atoms with Crippen molar-refractivity contribution >= 4 is 21.6 Å². The van der Waals surface area contributed by atoms with Crippen LogP contribution >= 0.6 is 0 Å². The van der Waals surface area contributed by atoms with Gasteiger partial charge < -0.3 is 14.8 Å². The van der Waals surface area contributed by atoms with Gasteiger partial charge in [0, 0.05) is 6.07 Å². The monoisotopic (exact) mass is 496 g/mol. The molecule has 0 aromatic heterocycles. The third-order valence-corrected chi connectivity index (χ3v) is 7.29. The zero-order chi connectivity index (χ0) is 25.4. The lowest BCUT2D eigenvalue weighted by Gasteiger charge is -2.28. The molecule has 8 heteroatoms. The van der Waals surface area contributed by atoms with E-state index in [1.165, 1.54) is 26.4 Å². The largest absolute Gasteiger partial charge is 0.497 e. The number of carbonyl (C=O) groups is 1. The van der Waals surface area contributed by atoms with Crippen LogP contribution in [-0.2, 0) is 14.8 Å². The number of nitrogens with zero attached hydrogens (tertiary/aromatic N) is 1. The second kappa shape index (κ2) is 11.8. The van der Waals surface area contributed by atoms with Crippen LogP contribution in [0.2, 0.25) is 0 Å². The van der Waals surface area contributed by atoms with E-state index in [0.29, 0.717) is 23.8 Å². The second-order valence-corrected chi connectivity index (χ2v) is 10.4. The Bertz CT molecular complexity index is 1210. The van der Waals surface area contributed by atoms with Crippen molar-refractivity contribution in [3.63, 3.8) is 0 Å². The summed E-state index contributed by atoms with van der Waals surface area (Å²) >= 11 is 0. The van der Waals surface area contributed by atoms with Gasteiger partial charge in [-0.2, -0.15) is 0 Å². The number of hydrogen-bond acceptors (Lipinski definition) is 5. The summed E-state index contributed by atoms with van der Waals surface area (Å²) < 4.78 is 39.3. The maximum absolute atomic E-state index is 13.7. The van der Waals surface area contributed by atoms with Crippen molar-refractivity contribution in [3.05, 3.63) is 84.4 Å². The normalized spacial score (nSPS) is 12.1. The average molecular weight is 497 g/mol. The van der Waals surface area contributed by atoms with E-state index in [9.17, 15) is 13.2 Å². The van der Waals surface area contributed by atoms with Crippen LogP contribution in [0.3, 0.4) is 0 Å². The van der Waals surface area contributed by atoms with Crippen molar-refractivity contribution < 1.29 is 22.7 Å². The summed E-state index contributed by atoms with van der Waals surface area (Å²) in [6.45, 7) is 3.73. The molecule has 7 nitrogen and oxygen atoms in total. The van der Waals surface area contributed by atoms with E-state index in [1.54, 1.807) is 36.4 Å². The van der Waals surface area contributed by atoms with Gasteiger partial charge in [-0.3, -0.25) is 9.10 Å². The Balaban J connectivity index is 2.01. The van der Waals surface area contributed by atoms with E-state index >= 15 is 0 Å². The van der Waals surface area contributed by atoms with Crippen LogP contribution in [0.4, 0.5) is 5.69 Å². The molecule has 0 saturated heterocycles. The highest BCUT2D eigenvalue weighted by Gasteiger charge is 2.30. The van der Waals surface area contributed by atoms with Gasteiger partial charge in [0.05, 0.1) is 30.8 Å². The Morgan fingerprint density at radius 3 is 2.11 bits per heavy atom. The lowest BCUT2D eigenvalue weighted by molar-refractivity contribution is -0.120.